The van der Waals surface area contributed by atoms with Crippen LogP contribution in [0.4, 0.5) is 0 Å². The van der Waals surface area contributed by atoms with Crippen LogP contribution in [0.1, 0.15) is 80.2 Å². The van der Waals surface area contributed by atoms with Crippen molar-refractivity contribution in [2.45, 2.75) is 111 Å². The second-order valence-corrected chi connectivity index (χ2v) is 15.5. The largest absolute Gasteiger partial charge is 0.496 e. The van der Waals surface area contributed by atoms with E-state index in [1.165, 1.54) is 34.8 Å². The lowest BCUT2D eigenvalue weighted by atomic mass is 9.35. The summed E-state index contributed by atoms with van der Waals surface area (Å²) in [4.78, 5) is 51.7. The molecule has 11 unspecified atom stereocenters. The van der Waals surface area contributed by atoms with Crippen molar-refractivity contribution in [2.75, 3.05) is 34.5 Å². The molecule has 52 heavy (non-hydrogen) atoms. The zero-order chi connectivity index (χ0) is 38.8. The quantitative estimate of drug-likeness (QED) is 0.165. The first kappa shape index (κ1) is 41.3. The van der Waals surface area contributed by atoms with Gasteiger partial charge in [-0.15, -0.1) is 0 Å². The van der Waals surface area contributed by atoms with Gasteiger partial charge in [-0.1, -0.05) is 32.0 Å². The minimum absolute atomic E-state index is 0.0388. The highest BCUT2D eigenvalue weighted by Crippen LogP contribution is 2.71. The van der Waals surface area contributed by atoms with Gasteiger partial charge in [0.05, 0.1) is 31.3 Å². The number of methoxy groups -OCH3 is 3. The van der Waals surface area contributed by atoms with Gasteiger partial charge in [-0.25, -0.2) is 0 Å². The molecule has 4 rings (SSSR count). The summed E-state index contributed by atoms with van der Waals surface area (Å²) in [5.41, 5.74) is -2.96. The predicted molar refractivity (Wildman–Crippen MR) is 190 cm³/mol. The summed E-state index contributed by atoms with van der Waals surface area (Å²) in [5.74, 6) is -3.33. The number of ether oxygens (including phenoxy) is 7. The predicted octanol–water partition coefficient (Wildman–Crippen LogP) is 5.01. The third-order valence-corrected chi connectivity index (χ3v) is 12.7. The summed E-state index contributed by atoms with van der Waals surface area (Å²) in [6.07, 6.45) is -0.468. The number of hydrogen-bond acceptors (Lipinski definition) is 12. The Balaban J connectivity index is 2.05. The van der Waals surface area contributed by atoms with E-state index in [4.69, 9.17) is 33.2 Å². The SMILES string of the molecule is COCC1C2(C)CCC3C(O)(CCc4ccccc4OC)C(C)=CC(OC(C)=O)C3(C)C2C(OC(C)=O)C(OC(C)=O)C1(COC)C(C)OC(C)=O. The monoisotopic (exact) mass is 730 g/mol. The van der Waals surface area contributed by atoms with Crippen LogP contribution in [-0.4, -0.2) is 93.5 Å². The number of esters is 4. The summed E-state index contributed by atoms with van der Waals surface area (Å²) >= 11 is 0. The van der Waals surface area contributed by atoms with Crippen LogP contribution in [0.15, 0.2) is 35.9 Å². The number of para-hydroxylation sites is 1. The standard InChI is InChI=1S/C40H58O12/c1-23-20-33(50-26(4)42)38(8)31(40(23,45)19-16-29-14-12-13-15-30(29)48-11)17-18-37(7)32(21-46-9)39(22-47-10,24(2)49-25(3)41)36(52-28(6)44)34(35(37)38)51-27(5)43/h12-15,20,24,31-36,45H,16-19,21-22H2,1-11H3. The Morgan fingerprint density at radius 3 is 2.10 bits per heavy atom. The molecule has 1 N–H and O–H groups in total. The first-order chi connectivity index (χ1) is 24.4. The van der Waals surface area contributed by atoms with Gasteiger partial charge in [0.1, 0.15) is 24.1 Å². The Labute approximate surface area is 307 Å². The number of carbonyl (C=O) groups is 4. The van der Waals surface area contributed by atoms with E-state index in [0.717, 1.165) is 5.56 Å². The first-order valence-corrected chi connectivity index (χ1v) is 18.1. The number of hydrogen-bond donors (Lipinski definition) is 1. The van der Waals surface area contributed by atoms with Gasteiger partial charge in [-0.2, -0.15) is 0 Å². The van der Waals surface area contributed by atoms with E-state index >= 15 is 0 Å². The smallest absolute Gasteiger partial charge is 0.303 e. The highest BCUT2D eigenvalue weighted by Gasteiger charge is 2.76. The molecule has 290 valence electrons. The number of carbonyl (C=O) groups excluding carboxylic acids is 4. The van der Waals surface area contributed by atoms with Gasteiger partial charge < -0.3 is 38.3 Å². The van der Waals surface area contributed by atoms with Gasteiger partial charge >= 0.3 is 23.9 Å². The molecule has 12 heteroatoms. The van der Waals surface area contributed by atoms with Crippen molar-refractivity contribution < 1.29 is 57.4 Å². The summed E-state index contributed by atoms with van der Waals surface area (Å²) in [6, 6.07) is 7.68. The van der Waals surface area contributed by atoms with Gasteiger partial charge in [0.15, 0.2) is 6.10 Å². The Morgan fingerprint density at radius 2 is 1.54 bits per heavy atom. The van der Waals surface area contributed by atoms with E-state index in [9.17, 15) is 24.3 Å². The molecule has 0 aliphatic heterocycles. The van der Waals surface area contributed by atoms with E-state index in [1.807, 2.05) is 44.2 Å². The van der Waals surface area contributed by atoms with E-state index in [0.29, 0.717) is 37.0 Å². The molecule has 1 aromatic rings. The maximum atomic E-state index is 13.2. The molecule has 12 nitrogen and oxygen atoms in total. The lowest BCUT2D eigenvalue weighted by Gasteiger charge is -2.71. The average Bonchev–Trinajstić information content (AvgIpc) is 3.05. The Hall–Kier alpha value is -3.48. The van der Waals surface area contributed by atoms with Crippen LogP contribution in [0.25, 0.3) is 0 Å². The van der Waals surface area contributed by atoms with Crippen molar-refractivity contribution in [3.05, 3.63) is 41.5 Å². The maximum Gasteiger partial charge on any atom is 0.303 e. The molecule has 0 saturated heterocycles. The lowest BCUT2D eigenvalue weighted by Crippen LogP contribution is -2.77. The highest BCUT2D eigenvalue weighted by atomic mass is 16.6. The minimum atomic E-state index is -1.38. The molecule has 0 bridgehead atoms. The van der Waals surface area contributed by atoms with Crippen molar-refractivity contribution in [1.82, 2.24) is 0 Å². The van der Waals surface area contributed by atoms with Crippen molar-refractivity contribution >= 4 is 23.9 Å². The Kier molecular flexibility index (Phi) is 12.6. The fourth-order valence-electron chi connectivity index (χ4n) is 10.8. The molecule has 0 heterocycles. The van der Waals surface area contributed by atoms with Crippen molar-refractivity contribution in [3.8, 4) is 5.75 Å². The van der Waals surface area contributed by atoms with E-state index in [-0.39, 0.29) is 13.2 Å². The second kappa shape index (κ2) is 15.9. The van der Waals surface area contributed by atoms with E-state index in [1.54, 1.807) is 21.1 Å². The normalized spacial score (nSPS) is 35.9. The molecule has 2 saturated carbocycles. The molecule has 3 aliphatic carbocycles. The molecular formula is C40H58O12. The van der Waals surface area contributed by atoms with Crippen molar-refractivity contribution in [1.29, 1.82) is 0 Å². The van der Waals surface area contributed by atoms with E-state index < -0.39 is 87.9 Å². The van der Waals surface area contributed by atoms with Crippen LogP contribution in [0.5, 0.6) is 5.75 Å². The van der Waals surface area contributed by atoms with Crippen molar-refractivity contribution in [2.24, 2.45) is 34.0 Å². The summed E-state index contributed by atoms with van der Waals surface area (Å²) in [5, 5.41) is 13.0. The molecule has 0 aromatic heterocycles. The zero-order valence-electron chi connectivity index (χ0n) is 32.6. The van der Waals surface area contributed by atoms with Crippen LogP contribution in [0.3, 0.4) is 0 Å². The van der Waals surface area contributed by atoms with Gasteiger partial charge in [-0.05, 0) is 68.2 Å². The minimum Gasteiger partial charge on any atom is -0.496 e. The molecule has 1 aromatic carbocycles. The maximum absolute atomic E-state index is 13.2. The number of benzene rings is 1. The first-order valence-electron chi connectivity index (χ1n) is 18.1. The fraction of sp³-hybridized carbons (Fsp3) is 0.700. The number of aliphatic hydroxyl groups is 1. The molecule has 0 radical (unpaired) electrons. The fourth-order valence-corrected chi connectivity index (χ4v) is 10.8. The zero-order valence-corrected chi connectivity index (χ0v) is 32.6. The highest BCUT2D eigenvalue weighted by molar-refractivity contribution is 5.68. The average molecular weight is 731 g/mol. The third-order valence-electron chi connectivity index (χ3n) is 12.7. The topological polar surface area (TPSA) is 153 Å². The van der Waals surface area contributed by atoms with Crippen LogP contribution < -0.4 is 4.74 Å². The number of rotatable bonds is 13. The van der Waals surface area contributed by atoms with Gasteiger partial charge in [0, 0.05) is 65.1 Å². The Bertz CT molecular complexity index is 1520. The van der Waals surface area contributed by atoms with Crippen LogP contribution >= 0.6 is 0 Å². The second-order valence-electron chi connectivity index (χ2n) is 15.5. The number of fused-ring (bicyclic) bond motifs is 3. The Morgan fingerprint density at radius 1 is 0.904 bits per heavy atom. The van der Waals surface area contributed by atoms with Gasteiger partial charge in [0.25, 0.3) is 0 Å². The van der Waals surface area contributed by atoms with Crippen LogP contribution in [0.2, 0.25) is 0 Å². The van der Waals surface area contributed by atoms with Crippen LogP contribution in [-0.2, 0) is 54.0 Å². The van der Waals surface area contributed by atoms with Gasteiger partial charge in [0.2, 0.25) is 0 Å². The lowest BCUT2D eigenvalue weighted by molar-refractivity contribution is -0.316. The molecule has 0 amide bonds. The summed E-state index contributed by atoms with van der Waals surface area (Å²) in [7, 11) is 4.70. The molecule has 3 aliphatic rings. The third kappa shape index (κ3) is 7.10. The number of aryl methyl sites for hydroxylation is 1. The van der Waals surface area contributed by atoms with Gasteiger partial charge in [-0.3, -0.25) is 19.2 Å². The summed E-state index contributed by atoms with van der Waals surface area (Å²) < 4.78 is 42.1. The molecular weight excluding hydrogens is 672 g/mol. The molecule has 11 atom stereocenters. The molecule has 2 fully saturated rings. The van der Waals surface area contributed by atoms with Crippen molar-refractivity contribution in [3.63, 3.8) is 0 Å². The molecule has 0 spiro atoms. The van der Waals surface area contributed by atoms with E-state index in [2.05, 4.69) is 6.92 Å². The summed E-state index contributed by atoms with van der Waals surface area (Å²) in [6.45, 7) is 13.0. The van der Waals surface area contributed by atoms with Crippen LogP contribution in [0, 0.1) is 34.0 Å².